The maximum absolute atomic E-state index is 2.91. The second-order valence-corrected chi connectivity index (χ2v) is 64.5. The van der Waals surface area contributed by atoms with Crippen LogP contribution in [0.5, 0.6) is 0 Å². The second-order valence-electron chi connectivity index (χ2n) is 15.7. The minimum absolute atomic E-state index is 0.681. The van der Waals surface area contributed by atoms with Gasteiger partial charge in [0.05, 0.1) is 0 Å². The molecule has 0 nitrogen and oxygen atoms in total. The molecule has 4 aliphatic carbocycles. The molecule has 0 saturated heterocycles. The van der Waals surface area contributed by atoms with E-state index in [1.807, 2.05) is 22.3 Å². The molecule has 0 fully saturated rings. The van der Waals surface area contributed by atoms with Crippen LogP contribution in [0.1, 0.15) is 151 Å². The number of hydrogen-bond acceptors (Lipinski definition) is 0. The van der Waals surface area contributed by atoms with Crippen LogP contribution in [0.4, 0.5) is 0 Å². The summed E-state index contributed by atoms with van der Waals surface area (Å²) in [6.45, 7) is 9.65. The van der Waals surface area contributed by atoms with Crippen LogP contribution in [0.25, 0.3) is 24.3 Å². The molecule has 0 N–H and O–H groups in total. The summed E-state index contributed by atoms with van der Waals surface area (Å²) in [4.78, 5) is 0. The van der Waals surface area contributed by atoms with E-state index in [2.05, 4.69) is 149 Å². The molecule has 4 atom stereocenters. The molecule has 0 aromatic heterocycles. The topological polar surface area (TPSA) is 0 Å². The molecule has 0 saturated carbocycles. The molecule has 52 heavy (non-hydrogen) atoms. The average molecular weight is 1010 g/mol. The van der Waals surface area contributed by atoms with Crippen LogP contribution in [0.2, 0.25) is 0 Å². The second kappa shape index (κ2) is 16.5. The van der Waals surface area contributed by atoms with Gasteiger partial charge in [0.15, 0.2) is 0 Å². The SMILES string of the molecule is CCCCC1=Cc2ccccc2[CH]1[Hf]([CH]1C(CCCC)=Cc2ccccc21)[Hf]([CH]1C(CCC)=Cc2ccccc21)[CH]1C(CCC)=Cc2ccccc21. The molecule has 0 aliphatic heterocycles. The number of allylic oxidation sites excluding steroid dienone is 4. The van der Waals surface area contributed by atoms with E-state index in [9.17, 15) is 0 Å². The molecule has 0 radical (unpaired) electrons. The molecular formula is C50H56Hf2. The third kappa shape index (κ3) is 6.76. The fourth-order valence-electron chi connectivity index (χ4n) is 10.2. The Labute approximate surface area is 325 Å². The Kier molecular flexibility index (Phi) is 11.6. The van der Waals surface area contributed by atoms with Gasteiger partial charge in [0.25, 0.3) is 0 Å². The van der Waals surface area contributed by atoms with Crippen molar-refractivity contribution in [2.75, 3.05) is 0 Å². The first-order valence-corrected chi connectivity index (χ1v) is 45.4. The number of fused-ring (bicyclic) bond motifs is 4. The number of unbranched alkanes of at least 4 members (excludes halogenated alkanes) is 2. The van der Waals surface area contributed by atoms with E-state index in [1.54, 1.807) is 44.5 Å². The summed E-state index contributed by atoms with van der Waals surface area (Å²) in [5.74, 6) is 0. The van der Waals surface area contributed by atoms with E-state index in [1.165, 1.54) is 64.2 Å². The molecule has 0 bridgehead atoms. The van der Waals surface area contributed by atoms with Gasteiger partial charge in [-0.05, 0) is 0 Å². The zero-order chi connectivity index (χ0) is 35.6. The van der Waals surface area contributed by atoms with Crippen LogP contribution in [-0.2, 0) is 33.6 Å². The van der Waals surface area contributed by atoms with Crippen molar-refractivity contribution in [1.29, 1.82) is 0 Å². The summed E-state index contributed by atoms with van der Waals surface area (Å²) in [6.07, 6.45) is 23.5. The number of hydrogen-bond donors (Lipinski definition) is 0. The molecule has 0 amide bonds. The van der Waals surface area contributed by atoms with Crippen LogP contribution < -0.4 is 0 Å². The molecular weight excluding hydrogens is 958 g/mol. The van der Waals surface area contributed by atoms with Gasteiger partial charge in [-0.25, -0.2) is 0 Å². The molecule has 0 spiro atoms. The zero-order valence-electron chi connectivity index (χ0n) is 31.9. The van der Waals surface area contributed by atoms with Crippen molar-refractivity contribution in [2.45, 2.75) is 107 Å². The summed E-state index contributed by atoms with van der Waals surface area (Å²) in [5, 5.41) is 0. The summed E-state index contributed by atoms with van der Waals surface area (Å²) in [5.41, 5.74) is 20.3. The molecule has 2 heteroatoms. The van der Waals surface area contributed by atoms with E-state index >= 15 is 0 Å². The van der Waals surface area contributed by atoms with Crippen molar-refractivity contribution < 1.29 is 33.6 Å². The maximum atomic E-state index is 2.72. The first-order chi connectivity index (χ1) is 25.7. The van der Waals surface area contributed by atoms with Gasteiger partial charge in [-0.15, -0.1) is 0 Å². The average Bonchev–Trinajstić information content (AvgIpc) is 3.92. The molecule has 4 aromatic rings. The first-order valence-electron chi connectivity index (χ1n) is 20.6. The van der Waals surface area contributed by atoms with Gasteiger partial charge in [-0.2, -0.15) is 0 Å². The van der Waals surface area contributed by atoms with Crippen LogP contribution in [0.15, 0.2) is 119 Å². The monoisotopic (exact) mass is 1020 g/mol. The van der Waals surface area contributed by atoms with Gasteiger partial charge < -0.3 is 0 Å². The van der Waals surface area contributed by atoms with Gasteiger partial charge in [0.2, 0.25) is 0 Å². The third-order valence-electron chi connectivity index (χ3n) is 12.4. The standard InChI is InChI=1S/2C13H15.2C12H13.2Hf/c2*1-2-3-6-11-9-12-7-4-5-8-13(12)10-11;2*1-2-5-10-8-11-6-3-4-7-12(11)9-10;;/h2*4-5,7-10H,2-3,6H2,1H3;2*3-4,6-9H,2,5H2,1H3;;. The van der Waals surface area contributed by atoms with E-state index in [0.717, 1.165) is 0 Å². The van der Waals surface area contributed by atoms with E-state index in [-0.39, 0.29) is 0 Å². The fourth-order valence-corrected chi connectivity index (χ4v) is 114. The van der Waals surface area contributed by atoms with Gasteiger partial charge in [-0.3, -0.25) is 0 Å². The fraction of sp³-hybridized carbons (Fsp3) is 0.360. The van der Waals surface area contributed by atoms with Crippen LogP contribution in [0.3, 0.4) is 0 Å². The predicted octanol–water partition coefficient (Wildman–Crippen LogP) is 14.7. The molecule has 264 valence electrons. The van der Waals surface area contributed by atoms with Crippen molar-refractivity contribution in [3.8, 4) is 0 Å². The molecule has 4 unspecified atom stereocenters. The molecule has 0 heterocycles. The summed E-state index contributed by atoms with van der Waals surface area (Å²) < 4.78 is 2.73. The number of benzene rings is 4. The van der Waals surface area contributed by atoms with Gasteiger partial charge >= 0.3 is 328 Å². The Morgan fingerprint density at radius 1 is 0.346 bits per heavy atom. The predicted molar refractivity (Wildman–Crippen MR) is 218 cm³/mol. The van der Waals surface area contributed by atoms with Crippen molar-refractivity contribution >= 4 is 24.3 Å². The van der Waals surface area contributed by atoms with Gasteiger partial charge in [0.1, 0.15) is 0 Å². The normalized spacial score (nSPS) is 20.8. The molecule has 4 aliphatic rings. The van der Waals surface area contributed by atoms with Crippen molar-refractivity contribution in [2.24, 2.45) is 0 Å². The first kappa shape index (κ1) is 36.6. The summed E-state index contributed by atoms with van der Waals surface area (Å²) >= 11 is -5.81. The Bertz CT molecular complexity index is 1900. The van der Waals surface area contributed by atoms with Crippen LogP contribution in [-0.4, -0.2) is 0 Å². The Morgan fingerprint density at radius 2 is 0.615 bits per heavy atom. The Morgan fingerprint density at radius 3 is 0.885 bits per heavy atom. The van der Waals surface area contributed by atoms with Crippen molar-refractivity contribution in [3.05, 3.63) is 164 Å². The van der Waals surface area contributed by atoms with Gasteiger partial charge in [-0.1, -0.05) is 0 Å². The Balaban J connectivity index is 1.44. The van der Waals surface area contributed by atoms with Gasteiger partial charge in [0, 0.05) is 0 Å². The van der Waals surface area contributed by atoms with Crippen LogP contribution >= 0.6 is 0 Å². The third-order valence-corrected chi connectivity index (χ3v) is 87.1. The van der Waals surface area contributed by atoms with Crippen molar-refractivity contribution in [1.82, 2.24) is 0 Å². The Hall–Kier alpha value is -2.42. The molecule has 4 aromatic carbocycles. The number of rotatable bonds is 15. The van der Waals surface area contributed by atoms with E-state index in [0.29, 0.717) is 14.7 Å². The molecule has 8 rings (SSSR count). The summed E-state index contributed by atoms with van der Waals surface area (Å²) in [7, 11) is 0. The van der Waals surface area contributed by atoms with Crippen molar-refractivity contribution in [3.63, 3.8) is 0 Å². The zero-order valence-corrected chi connectivity index (χ0v) is 39.1. The van der Waals surface area contributed by atoms with E-state index in [4.69, 9.17) is 0 Å². The van der Waals surface area contributed by atoms with E-state index < -0.39 is 33.6 Å². The summed E-state index contributed by atoms with van der Waals surface area (Å²) in [6, 6.07) is 39.0. The quantitative estimate of drug-likeness (QED) is 0.104. The minimum atomic E-state index is -2.91. The van der Waals surface area contributed by atoms with Crippen LogP contribution in [0, 0.1) is 0 Å².